The Bertz CT molecular complexity index is 564. The summed E-state index contributed by atoms with van der Waals surface area (Å²) in [6.07, 6.45) is 3.16. The van der Waals surface area contributed by atoms with Gasteiger partial charge in [0.05, 0.1) is 12.4 Å². The standard InChI is InChI=1S/C11H15N5O2/c1-11(2,3)8-4-13-9(18-8)6-16-5-7(10(12)17)14-15-16/h4-5H,6H2,1-3H3,(H2,12,17). The zero-order valence-corrected chi connectivity index (χ0v) is 10.5. The van der Waals surface area contributed by atoms with Crippen LogP contribution in [-0.4, -0.2) is 25.9 Å². The molecule has 2 aromatic heterocycles. The molecular formula is C11H15N5O2. The monoisotopic (exact) mass is 249 g/mol. The van der Waals surface area contributed by atoms with E-state index in [9.17, 15) is 4.79 Å². The summed E-state index contributed by atoms with van der Waals surface area (Å²) in [5.74, 6) is 0.706. The van der Waals surface area contributed by atoms with E-state index in [1.54, 1.807) is 6.20 Å². The molecule has 2 aromatic rings. The van der Waals surface area contributed by atoms with Crippen LogP contribution in [0.5, 0.6) is 0 Å². The van der Waals surface area contributed by atoms with Gasteiger partial charge in [0.2, 0.25) is 5.89 Å². The molecule has 0 aromatic carbocycles. The van der Waals surface area contributed by atoms with Crippen LogP contribution in [0.4, 0.5) is 0 Å². The van der Waals surface area contributed by atoms with Gasteiger partial charge >= 0.3 is 0 Å². The number of primary amides is 1. The fourth-order valence-electron chi connectivity index (χ4n) is 1.36. The van der Waals surface area contributed by atoms with Crippen LogP contribution in [-0.2, 0) is 12.0 Å². The normalized spacial score (nSPS) is 11.7. The summed E-state index contributed by atoms with van der Waals surface area (Å²) in [7, 11) is 0. The third-order valence-corrected chi connectivity index (χ3v) is 2.38. The van der Waals surface area contributed by atoms with Gasteiger partial charge in [0, 0.05) is 5.41 Å². The molecule has 0 aliphatic rings. The number of aromatic nitrogens is 4. The van der Waals surface area contributed by atoms with Crippen LogP contribution < -0.4 is 5.73 Å². The smallest absolute Gasteiger partial charge is 0.270 e. The number of hydrogen-bond acceptors (Lipinski definition) is 5. The largest absolute Gasteiger partial charge is 0.443 e. The lowest BCUT2D eigenvalue weighted by atomic mass is 9.94. The van der Waals surface area contributed by atoms with Crippen molar-refractivity contribution in [3.05, 3.63) is 29.7 Å². The summed E-state index contributed by atoms with van der Waals surface area (Å²) >= 11 is 0. The topological polar surface area (TPSA) is 99.8 Å². The zero-order valence-electron chi connectivity index (χ0n) is 10.5. The first kappa shape index (κ1) is 12.3. The molecule has 2 heterocycles. The van der Waals surface area contributed by atoms with Gasteiger partial charge in [-0.1, -0.05) is 26.0 Å². The second-order valence-corrected chi connectivity index (χ2v) is 5.03. The molecule has 0 atom stereocenters. The molecule has 0 unspecified atom stereocenters. The second-order valence-electron chi connectivity index (χ2n) is 5.03. The van der Waals surface area contributed by atoms with Crippen LogP contribution in [0.15, 0.2) is 16.8 Å². The van der Waals surface area contributed by atoms with E-state index in [0.29, 0.717) is 12.4 Å². The molecule has 7 heteroatoms. The Hall–Kier alpha value is -2.18. The maximum Gasteiger partial charge on any atom is 0.270 e. The fourth-order valence-corrected chi connectivity index (χ4v) is 1.36. The molecule has 0 bridgehead atoms. The number of carbonyl (C=O) groups excluding carboxylic acids is 1. The summed E-state index contributed by atoms with van der Waals surface area (Å²) in [5, 5.41) is 7.41. The van der Waals surface area contributed by atoms with Crippen LogP contribution in [0.1, 0.15) is 42.9 Å². The van der Waals surface area contributed by atoms with Gasteiger partial charge in [0.15, 0.2) is 5.69 Å². The predicted molar refractivity (Wildman–Crippen MR) is 62.8 cm³/mol. The number of oxazole rings is 1. The Balaban J connectivity index is 2.14. The van der Waals surface area contributed by atoms with Gasteiger partial charge in [-0.2, -0.15) is 0 Å². The highest BCUT2D eigenvalue weighted by atomic mass is 16.4. The van der Waals surface area contributed by atoms with Crippen molar-refractivity contribution in [3.8, 4) is 0 Å². The predicted octanol–water partition coefficient (Wildman–Crippen LogP) is 0.711. The molecule has 1 amide bonds. The van der Waals surface area contributed by atoms with Gasteiger partial charge in [-0.3, -0.25) is 4.79 Å². The molecule has 0 radical (unpaired) electrons. The van der Waals surface area contributed by atoms with E-state index >= 15 is 0 Å². The van der Waals surface area contributed by atoms with Gasteiger partial charge in [0.1, 0.15) is 12.3 Å². The zero-order chi connectivity index (χ0) is 13.3. The van der Waals surface area contributed by atoms with E-state index in [1.165, 1.54) is 10.9 Å². The first-order chi connectivity index (χ1) is 8.36. The van der Waals surface area contributed by atoms with Gasteiger partial charge in [0.25, 0.3) is 5.91 Å². The van der Waals surface area contributed by atoms with E-state index < -0.39 is 5.91 Å². The Labute approximate surface area is 104 Å². The minimum atomic E-state index is -0.607. The maximum atomic E-state index is 10.9. The van der Waals surface area contributed by atoms with Gasteiger partial charge in [-0.15, -0.1) is 5.10 Å². The van der Waals surface area contributed by atoms with E-state index in [2.05, 4.69) is 15.3 Å². The first-order valence-corrected chi connectivity index (χ1v) is 5.51. The lowest BCUT2D eigenvalue weighted by Crippen LogP contribution is -2.11. The van der Waals surface area contributed by atoms with Gasteiger partial charge < -0.3 is 10.2 Å². The summed E-state index contributed by atoms with van der Waals surface area (Å²) in [6.45, 7) is 6.43. The summed E-state index contributed by atoms with van der Waals surface area (Å²) in [4.78, 5) is 15.0. The molecule has 2 N–H and O–H groups in total. The average Bonchev–Trinajstić information content (AvgIpc) is 2.85. The number of carbonyl (C=O) groups is 1. The minimum absolute atomic E-state index is 0.0913. The molecule has 7 nitrogen and oxygen atoms in total. The van der Waals surface area contributed by atoms with Crippen molar-refractivity contribution in [1.82, 2.24) is 20.0 Å². The van der Waals surface area contributed by atoms with Crippen molar-refractivity contribution in [2.24, 2.45) is 5.73 Å². The first-order valence-electron chi connectivity index (χ1n) is 5.51. The SMILES string of the molecule is CC(C)(C)c1cnc(Cn2cc(C(N)=O)nn2)o1. The van der Waals surface area contributed by atoms with E-state index in [0.717, 1.165) is 5.76 Å². The number of nitrogens with two attached hydrogens (primary N) is 1. The molecule has 18 heavy (non-hydrogen) atoms. The Morgan fingerprint density at radius 3 is 2.72 bits per heavy atom. The molecule has 0 saturated carbocycles. The quantitative estimate of drug-likeness (QED) is 0.863. The molecular weight excluding hydrogens is 234 g/mol. The average molecular weight is 249 g/mol. The molecule has 0 aliphatic heterocycles. The highest BCUT2D eigenvalue weighted by Crippen LogP contribution is 2.22. The van der Waals surface area contributed by atoms with E-state index in [-0.39, 0.29) is 11.1 Å². The fraction of sp³-hybridized carbons (Fsp3) is 0.455. The van der Waals surface area contributed by atoms with E-state index in [4.69, 9.17) is 10.2 Å². The molecule has 96 valence electrons. The Kier molecular flexibility index (Phi) is 2.90. The summed E-state index contributed by atoms with van der Waals surface area (Å²) < 4.78 is 7.06. The number of amides is 1. The van der Waals surface area contributed by atoms with Crippen molar-refractivity contribution in [2.45, 2.75) is 32.7 Å². The van der Waals surface area contributed by atoms with Crippen LogP contribution in [0.3, 0.4) is 0 Å². The second kappa shape index (κ2) is 4.25. The third-order valence-electron chi connectivity index (χ3n) is 2.38. The van der Waals surface area contributed by atoms with Crippen molar-refractivity contribution in [2.75, 3.05) is 0 Å². The van der Waals surface area contributed by atoms with Gasteiger partial charge in [-0.05, 0) is 0 Å². The van der Waals surface area contributed by atoms with E-state index in [1.807, 2.05) is 20.8 Å². The number of hydrogen-bond donors (Lipinski definition) is 1. The maximum absolute atomic E-state index is 10.9. The minimum Gasteiger partial charge on any atom is -0.443 e. The number of rotatable bonds is 3. The van der Waals surface area contributed by atoms with Crippen LogP contribution >= 0.6 is 0 Å². The van der Waals surface area contributed by atoms with Crippen LogP contribution in [0.25, 0.3) is 0 Å². The van der Waals surface area contributed by atoms with Crippen molar-refractivity contribution >= 4 is 5.91 Å². The molecule has 0 spiro atoms. The third kappa shape index (κ3) is 2.55. The molecule has 0 fully saturated rings. The Morgan fingerprint density at radius 1 is 1.50 bits per heavy atom. The number of nitrogens with zero attached hydrogens (tertiary/aromatic N) is 4. The van der Waals surface area contributed by atoms with Crippen molar-refractivity contribution in [1.29, 1.82) is 0 Å². The molecule has 2 rings (SSSR count). The van der Waals surface area contributed by atoms with Gasteiger partial charge in [-0.25, -0.2) is 9.67 Å². The Morgan fingerprint density at radius 2 is 2.22 bits per heavy atom. The van der Waals surface area contributed by atoms with Crippen molar-refractivity contribution < 1.29 is 9.21 Å². The van der Waals surface area contributed by atoms with Crippen LogP contribution in [0, 0.1) is 0 Å². The lowest BCUT2D eigenvalue weighted by molar-refractivity contribution is 0.0995. The highest BCUT2D eigenvalue weighted by Gasteiger charge is 2.19. The van der Waals surface area contributed by atoms with Crippen molar-refractivity contribution in [3.63, 3.8) is 0 Å². The highest BCUT2D eigenvalue weighted by molar-refractivity contribution is 5.90. The van der Waals surface area contributed by atoms with Crippen LogP contribution in [0.2, 0.25) is 0 Å². The molecule has 0 aliphatic carbocycles. The summed E-state index contributed by atoms with van der Waals surface area (Å²) in [6, 6.07) is 0. The molecule has 0 saturated heterocycles. The summed E-state index contributed by atoms with van der Waals surface area (Å²) in [5.41, 5.74) is 5.12. The lowest BCUT2D eigenvalue weighted by Gasteiger charge is -2.12.